The molecular weight excluding hydrogens is 484 g/mol. The Hall–Kier alpha value is -2.92. The van der Waals surface area contributed by atoms with Crippen molar-refractivity contribution >= 4 is 45.3 Å². The summed E-state index contributed by atoms with van der Waals surface area (Å²) in [5.74, 6) is -0.202. The number of ether oxygens (including phenoxy) is 2. The van der Waals surface area contributed by atoms with Crippen molar-refractivity contribution in [3.8, 4) is 0 Å². The van der Waals surface area contributed by atoms with Crippen molar-refractivity contribution in [2.45, 2.75) is 56.4 Å². The first kappa shape index (κ1) is 24.2. The lowest BCUT2D eigenvalue weighted by atomic mass is 9.99. The second kappa shape index (κ2) is 9.38. The zero-order valence-electron chi connectivity index (χ0n) is 20.3. The smallest absolute Gasteiger partial charge is 0.424 e. The summed E-state index contributed by atoms with van der Waals surface area (Å²) in [7, 11) is -5.13. The van der Waals surface area contributed by atoms with Crippen LogP contribution >= 0.6 is 11.6 Å². The predicted octanol–water partition coefficient (Wildman–Crippen LogP) is 4.02. The third-order valence-electron chi connectivity index (χ3n) is 4.97. The van der Waals surface area contributed by atoms with Crippen molar-refractivity contribution in [1.82, 2.24) is 14.3 Å². The van der Waals surface area contributed by atoms with Crippen molar-refractivity contribution in [2.24, 2.45) is 0 Å². The molecule has 12 heteroatoms. The number of hydrogen-bond acceptors (Lipinski definition) is 9. The van der Waals surface area contributed by atoms with Gasteiger partial charge in [-0.1, -0.05) is 11.6 Å². The molecule has 1 aromatic carbocycles. The minimum Gasteiger partial charge on any atom is -0.465 e. The summed E-state index contributed by atoms with van der Waals surface area (Å²) in [5, 5.41) is 3.03. The van der Waals surface area contributed by atoms with Crippen LogP contribution < -0.4 is 5.32 Å². The van der Waals surface area contributed by atoms with E-state index in [1.54, 1.807) is 27.7 Å². The van der Waals surface area contributed by atoms with E-state index in [0.29, 0.717) is 28.4 Å². The van der Waals surface area contributed by atoms with E-state index in [-0.39, 0.29) is 28.6 Å². The maximum Gasteiger partial charge on any atom is 0.424 e. The van der Waals surface area contributed by atoms with Crippen molar-refractivity contribution in [3.63, 3.8) is 0 Å². The number of benzene rings is 1. The van der Waals surface area contributed by atoms with Gasteiger partial charge < -0.3 is 14.8 Å². The van der Waals surface area contributed by atoms with E-state index in [2.05, 4.69) is 15.3 Å². The zero-order chi connectivity index (χ0) is 26.0. The second-order valence-corrected chi connectivity index (χ2v) is 10.9. The normalized spacial score (nSPS) is 15.1. The van der Waals surface area contributed by atoms with Gasteiger partial charge in [-0.3, -0.25) is 4.79 Å². The number of nitrogens with one attached hydrogen (secondary N) is 1. The molecule has 34 heavy (non-hydrogen) atoms. The van der Waals surface area contributed by atoms with E-state index in [1.165, 1.54) is 30.5 Å². The predicted molar refractivity (Wildman–Crippen MR) is 125 cm³/mol. The molecule has 1 fully saturated rings. The van der Waals surface area contributed by atoms with Crippen LogP contribution in [0.4, 0.5) is 16.4 Å². The van der Waals surface area contributed by atoms with Crippen LogP contribution in [-0.2, 0) is 29.7 Å². The van der Waals surface area contributed by atoms with E-state index in [4.69, 9.17) is 22.4 Å². The monoisotopic (exact) mass is 511 g/mol. The maximum absolute atomic E-state index is 12.8. The SMILES string of the molecule is [2H]CN(C(=O)OC(C)(C)C)S(=O)(=O)c1ccc(Nc2ncc(C3(C(=O)OCC)CC3)c(Cl)n2)cc1. The highest BCUT2D eigenvalue weighted by Gasteiger charge is 2.54. The molecule has 10 nitrogen and oxygen atoms in total. The number of carbonyl (C=O) groups excluding carboxylic acids is 2. The first-order valence-electron chi connectivity index (χ1n) is 11.2. The van der Waals surface area contributed by atoms with Crippen LogP contribution in [0.2, 0.25) is 5.15 Å². The molecule has 0 atom stereocenters. The fraction of sp³-hybridized carbons (Fsp3) is 0.455. The van der Waals surface area contributed by atoms with E-state index in [9.17, 15) is 18.0 Å². The van der Waals surface area contributed by atoms with Crippen LogP contribution in [0.15, 0.2) is 35.4 Å². The standard InChI is InChI=1S/C22H27ClN4O6S/c1-6-32-18(28)22(11-12-22)16-13-24-19(26-17(16)23)25-14-7-9-15(10-8-14)34(30,31)27(5)20(29)33-21(2,3)4/h7-10,13H,6,11-12H2,1-5H3,(H,24,25,26)/i5D. The number of amides is 1. The quantitative estimate of drug-likeness (QED) is 0.432. The summed E-state index contributed by atoms with van der Waals surface area (Å²) < 4.78 is 43.8. The molecule has 0 spiro atoms. The lowest BCUT2D eigenvalue weighted by Gasteiger charge is -2.24. The summed E-state index contributed by atoms with van der Waals surface area (Å²) >= 11 is 6.33. The lowest BCUT2D eigenvalue weighted by Crippen LogP contribution is -2.38. The highest BCUT2D eigenvalue weighted by atomic mass is 35.5. The highest BCUT2D eigenvalue weighted by molar-refractivity contribution is 7.89. The molecule has 3 rings (SSSR count). The summed E-state index contributed by atoms with van der Waals surface area (Å²) in [6.45, 7) is 6.80. The van der Waals surface area contributed by atoms with Gasteiger partial charge in [-0.15, -0.1) is 0 Å². The third kappa shape index (κ3) is 5.41. The van der Waals surface area contributed by atoms with E-state index < -0.39 is 34.2 Å². The van der Waals surface area contributed by atoms with Crippen LogP contribution in [0, 0.1) is 0 Å². The van der Waals surface area contributed by atoms with Gasteiger partial charge in [-0.25, -0.2) is 27.5 Å². The fourth-order valence-corrected chi connectivity index (χ4v) is 4.38. The molecule has 0 unspecified atom stereocenters. The maximum atomic E-state index is 12.8. The highest BCUT2D eigenvalue weighted by Crippen LogP contribution is 2.51. The molecule has 1 heterocycles. The Morgan fingerprint density at radius 2 is 1.91 bits per heavy atom. The zero-order valence-corrected chi connectivity index (χ0v) is 20.9. The van der Waals surface area contributed by atoms with Crippen LogP contribution in [-0.4, -0.2) is 54.0 Å². The minimum atomic E-state index is -4.30. The van der Waals surface area contributed by atoms with Crippen LogP contribution in [0.3, 0.4) is 0 Å². The van der Waals surface area contributed by atoms with Crippen LogP contribution in [0.25, 0.3) is 0 Å². The molecule has 0 aliphatic heterocycles. The number of hydrogen-bond donors (Lipinski definition) is 1. The number of carbonyl (C=O) groups is 2. The van der Waals surface area contributed by atoms with Gasteiger partial charge in [-0.2, -0.15) is 0 Å². The third-order valence-corrected chi connectivity index (χ3v) is 6.85. The molecule has 2 aromatic rings. The van der Waals surface area contributed by atoms with Gasteiger partial charge in [0.05, 0.1) is 16.9 Å². The Bertz CT molecular complexity index is 1210. The Balaban J connectivity index is 1.75. The van der Waals surface area contributed by atoms with Gasteiger partial charge in [0.15, 0.2) is 0 Å². The first-order chi connectivity index (χ1) is 16.3. The van der Waals surface area contributed by atoms with Crippen molar-refractivity contribution in [1.29, 1.82) is 0 Å². The molecule has 0 bridgehead atoms. The molecule has 1 N–H and O–H groups in total. The Morgan fingerprint density at radius 3 is 2.41 bits per heavy atom. The molecule has 1 saturated carbocycles. The van der Waals surface area contributed by atoms with Gasteiger partial charge in [0.1, 0.15) is 10.8 Å². The lowest BCUT2D eigenvalue weighted by molar-refractivity contribution is -0.146. The summed E-state index contributed by atoms with van der Waals surface area (Å²) in [6, 6.07) is 5.47. The van der Waals surface area contributed by atoms with Gasteiger partial charge in [0.2, 0.25) is 5.95 Å². The first-order valence-corrected chi connectivity index (χ1v) is 12.3. The number of aromatic nitrogens is 2. The Labute approximate surface area is 205 Å². The number of rotatable bonds is 7. The number of halogens is 1. The van der Waals surface area contributed by atoms with Gasteiger partial charge in [-0.05, 0) is 64.8 Å². The average Bonchev–Trinajstić information content (AvgIpc) is 3.55. The topological polar surface area (TPSA) is 128 Å². The fourth-order valence-electron chi connectivity index (χ4n) is 3.10. The molecule has 0 saturated heterocycles. The summed E-state index contributed by atoms with van der Waals surface area (Å²) in [6.07, 6.45) is 1.56. The molecule has 1 aromatic heterocycles. The Kier molecular flexibility index (Phi) is 6.68. The van der Waals surface area contributed by atoms with Crippen molar-refractivity contribution < 1.29 is 28.9 Å². The second-order valence-electron chi connectivity index (χ2n) is 8.68. The number of esters is 1. The van der Waals surface area contributed by atoms with Crippen molar-refractivity contribution in [3.05, 3.63) is 41.2 Å². The average molecular weight is 512 g/mol. The van der Waals surface area contributed by atoms with E-state index >= 15 is 0 Å². The molecule has 184 valence electrons. The van der Waals surface area contributed by atoms with Gasteiger partial charge in [0, 0.05) is 25.8 Å². The van der Waals surface area contributed by atoms with Crippen LogP contribution in [0.5, 0.6) is 0 Å². The van der Waals surface area contributed by atoms with E-state index in [1.807, 2.05) is 0 Å². The molecule has 1 amide bonds. The van der Waals surface area contributed by atoms with Crippen molar-refractivity contribution in [2.75, 3.05) is 18.9 Å². The molecule has 1 aliphatic carbocycles. The molecule has 1 aliphatic rings. The van der Waals surface area contributed by atoms with Crippen LogP contribution in [0.1, 0.15) is 47.5 Å². The number of anilines is 2. The summed E-state index contributed by atoms with van der Waals surface area (Å²) in [4.78, 5) is 32.8. The molecular formula is C22H27ClN4O6S. The number of nitrogens with zero attached hydrogens (tertiary/aromatic N) is 3. The van der Waals surface area contributed by atoms with E-state index in [0.717, 1.165) is 0 Å². The molecule has 0 radical (unpaired) electrons. The van der Waals surface area contributed by atoms with Gasteiger partial charge in [0.25, 0.3) is 10.0 Å². The summed E-state index contributed by atoms with van der Waals surface area (Å²) in [5.41, 5.74) is -0.768. The Morgan fingerprint density at radius 1 is 1.26 bits per heavy atom. The minimum absolute atomic E-state index is 0.121. The number of sulfonamides is 1. The largest absolute Gasteiger partial charge is 0.465 e. The van der Waals surface area contributed by atoms with Gasteiger partial charge >= 0.3 is 12.1 Å².